The van der Waals surface area contributed by atoms with Crippen molar-refractivity contribution >= 4 is 0 Å². The minimum atomic E-state index is -0.217. The molecule has 0 unspecified atom stereocenters. The van der Waals surface area contributed by atoms with Gasteiger partial charge in [-0.05, 0) is 75.6 Å². The van der Waals surface area contributed by atoms with Gasteiger partial charge < -0.3 is 28.5 Å². The van der Waals surface area contributed by atoms with Gasteiger partial charge in [-0.3, -0.25) is 0 Å². The lowest BCUT2D eigenvalue weighted by Gasteiger charge is -2.25. The van der Waals surface area contributed by atoms with Crippen molar-refractivity contribution in [1.82, 2.24) is 9.97 Å². The average Bonchev–Trinajstić information content (AvgIpc) is 3.67. The van der Waals surface area contributed by atoms with Gasteiger partial charge in [0, 0.05) is 11.1 Å². The van der Waals surface area contributed by atoms with Crippen LogP contribution in [-0.4, -0.2) is 44.6 Å². The molecule has 2 aromatic carbocycles. The zero-order valence-electron chi connectivity index (χ0n) is 22.7. The maximum absolute atomic E-state index is 9.62. The Morgan fingerprint density at radius 2 is 1.05 bits per heavy atom. The van der Waals surface area contributed by atoms with Crippen LogP contribution in [0.5, 0.6) is 0 Å². The first kappa shape index (κ1) is 28.2. The molecule has 2 heterocycles. The van der Waals surface area contributed by atoms with Gasteiger partial charge in [0.05, 0.1) is 37.6 Å². The third kappa shape index (κ3) is 8.35. The summed E-state index contributed by atoms with van der Waals surface area (Å²) in [5.74, 6) is 1.24. The van der Waals surface area contributed by atoms with Gasteiger partial charge in [-0.1, -0.05) is 36.4 Å². The summed E-state index contributed by atoms with van der Waals surface area (Å²) < 4.78 is 22.6. The van der Waals surface area contributed by atoms with Crippen LogP contribution in [0.25, 0.3) is 22.9 Å². The summed E-state index contributed by atoms with van der Waals surface area (Å²) in [6, 6.07) is 19.6. The maximum atomic E-state index is 9.62. The summed E-state index contributed by atoms with van der Waals surface area (Å²) >= 11 is 0. The largest absolute Gasteiger partial charge is 0.444 e. The highest BCUT2D eigenvalue weighted by molar-refractivity contribution is 5.53. The molecule has 2 N–H and O–H groups in total. The second-order valence-electron chi connectivity index (χ2n) is 10.5. The Hall–Kier alpha value is -3.30. The second-order valence-corrected chi connectivity index (χ2v) is 10.5. The van der Waals surface area contributed by atoms with Crippen LogP contribution >= 0.6 is 0 Å². The molecule has 0 amide bonds. The second kappa shape index (κ2) is 14.4. The number of hydrogen-bond donors (Lipinski definition) is 2. The number of aliphatic hydroxyl groups is 2. The van der Waals surface area contributed by atoms with Crippen molar-refractivity contribution in [2.75, 3.05) is 0 Å². The Morgan fingerprint density at radius 1 is 0.625 bits per heavy atom. The molecular formula is C32H38N2O6. The summed E-state index contributed by atoms with van der Waals surface area (Å²) in [7, 11) is 0. The predicted octanol–water partition coefficient (Wildman–Crippen LogP) is 6.32. The molecule has 8 nitrogen and oxygen atoms in total. The molecule has 0 aliphatic heterocycles. The SMILES string of the molecule is O[C@@H]1CCC[C@H](OCc2coc(-c3ccccc3)n2)C1.O[C@H]1CCC[C@@H](OCc2coc(-c3ccccc3)n2)C1. The molecule has 4 aromatic rings. The first-order chi connectivity index (χ1) is 19.6. The van der Waals surface area contributed by atoms with Gasteiger partial charge in [0.2, 0.25) is 11.8 Å². The van der Waals surface area contributed by atoms with Gasteiger partial charge >= 0.3 is 0 Å². The number of benzene rings is 2. The van der Waals surface area contributed by atoms with Crippen LogP contribution in [0.3, 0.4) is 0 Å². The van der Waals surface area contributed by atoms with E-state index < -0.39 is 0 Å². The summed E-state index contributed by atoms with van der Waals surface area (Å²) in [6.07, 6.45) is 10.4. The molecule has 0 bridgehead atoms. The van der Waals surface area contributed by atoms with Crippen molar-refractivity contribution < 1.29 is 28.5 Å². The number of hydrogen-bond acceptors (Lipinski definition) is 8. The summed E-state index contributed by atoms with van der Waals surface area (Å²) in [4.78, 5) is 8.86. The number of oxazole rings is 2. The summed E-state index contributed by atoms with van der Waals surface area (Å²) in [5.41, 5.74) is 3.52. The van der Waals surface area contributed by atoms with E-state index >= 15 is 0 Å². The van der Waals surface area contributed by atoms with Gasteiger partial charge in [0.1, 0.15) is 23.9 Å². The van der Waals surface area contributed by atoms with E-state index in [2.05, 4.69) is 9.97 Å². The molecule has 8 heteroatoms. The summed E-state index contributed by atoms with van der Waals surface area (Å²) in [6.45, 7) is 0.876. The Labute approximate surface area is 235 Å². The van der Waals surface area contributed by atoms with E-state index in [1.807, 2.05) is 60.7 Å². The van der Waals surface area contributed by atoms with Crippen LogP contribution in [-0.2, 0) is 22.7 Å². The molecule has 4 atom stereocenters. The topological polar surface area (TPSA) is 111 Å². The molecule has 0 radical (unpaired) electrons. The fourth-order valence-electron chi connectivity index (χ4n) is 5.12. The highest BCUT2D eigenvalue weighted by atomic mass is 16.5. The first-order valence-corrected chi connectivity index (χ1v) is 14.2. The number of rotatable bonds is 8. The van der Waals surface area contributed by atoms with Gasteiger partial charge in [0.15, 0.2) is 0 Å². The van der Waals surface area contributed by atoms with Crippen LogP contribution in [0.15, 0.2) is 82.0 Å². The quantitative estimate of drug-likeness (QED) is 0.264. The number of aliphatic hydroxyl groups excluding tert-OH is 2. The molecule has 0 saturated heterocycles. The lowest BCUT2D eigenvalue weighted by molar-refractivity contribution is -0.0241. The van der Waals surface area contributed by atoms with Crippen molar-refractivity contribution in [1.29, 1.82) is 0 Å². The zero-order valence-corrected chi connectivity index (χ0v) is 22.7. The van der Waals surface area contributed by atoms with E-state index in [9.17, 15) is 10.2 Å². The normalized spacial score (nSPS) is 22.9. The fourth-order valence-corrected chi connectivity index (χ4v) is 5.12. The van der Waals surface area contributed by atoms with Crippen molar-refractivity contribution in [3.63, 3.8) is 0 Å². The molecule has 6 rings (SSSR count). The molecular weight excluding hydrogens is 508 g/mol. The molecule has 2 aliphatic rings. The van der Waals surface area contributed by atoms with Crippen LogP contribution in [0.1, 0.15) is 62.8 Å². The fraction of sp³-hybridized carbons (Fsp3) is 0.438. The Bertz CT molecular complexity index is 1180. The van der Waals surface area contributed by atoms with E-state index in [0.717, 1.165) is 73.9 Å². The Balaban J connectivity index is 0.000000161. The smallest absolute Gasteiger partial charge is 0.226 e. The van der Waals surface area contributed by atoms with Gasteiger partial charge in [-0.25, -0.2) is 9.97 Å². The lowest BCUT2D eigenvalue weighted by Crippen LogP contribution is -2.25. The van der Waals surface area contributed by atoms with Crippen molar-refractivity contribution in [2.45, 2.75) is 89.0 Å². The van der Waals surface area contributed by atoms with E-state index in [-0.39, 0.29) is 24.4 Å². The maximum Gasteiger partial charge on any atom is 0.226 e. The van der Waals surface area contributed by atoms with E-state index in [1.54, 1.807) is 12.5 Å². The number of ether oxygens (including phenoxy) is 2. The Kier molecular flexibility index (Phi) is 10.1. The molecule has 2 aliphatic carbocycles. The van der Waals surface area contributed by atoms with E-state index in [4.69, 9.17) is 18.3 Å². The van der Waals surface area contributed by atoms with Crippen molar-refractivity contribution in [3.8, 4) is 22.9 Å². The minimum absolute atomic E-state index is 0.135. The third-order valence-corrected chi connectivity index (χ3v) is 7.28. The van der Waals surface area contributed by atoms with E-state index in [0.29, 0.717) is 25.0 Å². The highest BCUT2D eigenvalue weighted by Gasteiger charge is 2.22. The van der Waals surface area contributed by atoms with Gasteiger partial charge in [-0.2, -0.15) is 0 Å². The van der Waals surface area contributed by atoms with Gasteiger partial charge in [-0.15, -0.1) is 0 Å². The van der Waals surface area contributed by atoms with Crippen molar-refractivity contribution in [2.24, 2.45) is 0 Å². The monoisotopic (exact) mass is 546 g/mol. The Morgan fingerprint density at radius 3 is 1.45 bits per heavy atom. The summed E-state index contributed by atoms with van der Waals surface area (Å²) in [5, 5.41) is 19.2. The van der Waals surface area contributed by atoms with Crippen LogP contribution < -0.4 is 0 Å². The molecule has 2 fully saturated rings. The lowest BCUT2D eigenvalue weighted by atomic mass is 9.95. The molecule has 40 heavy (non-hydrogen) atoms. The standard InChI is InChI=1S/2C16H19NO3/c2*18-14-7-4-8-15(9-14)19-10-13-11-20-16(17-13)12-5-2-1-3-6-12/h2*1-3,5-6,11,14-15,18H,4,7-10H2/t2*14-,15+/m10/s1. The molecule has 2 saturated carbocycles. The molecule has 212 valence electrons. The predicted molar refractivity (Wildman–Crippen MR) is 150 cm³/mol. The third-order valence-electron chi connectivity index (χ3n) is 7.28. The highest BCUT2D eigenvalue weighted by Crippen LogP contribution is 2.24. The number of aromatic nitrogens is 2. The van der Waals surface area contributed by atoms with Crippen molar-refractivity contribution in [3.05, 3.63) is 84.6 Å². The van der Waals surface area contributed by atoms with Crippen LogP contribution in [0, 0.1) is 0 Å². The number of nitrogens with zero attached hydrogens (tertiary/aromatic N) is 2. The van der Waals surface area contributed by atoms with Crippen LogP contribution in [0.2, 0.25) is 0 Å². The molecule has 0 spiro atoms. The minimum Gasteiger partial charge on any atom is -0.444 e. The van der Waals surface area contributed by atoms with Crippen LogP contribution in [0.4, 0.5) is 0 Å². The molecule has 2 aromatic heterocycles. The zero-order chi connectivity index (χ0) is 27.6. The van der Waals surface area contributed by atoms with Gasteiger partial charge in [0.25, 0.3) is 0 Å². The van der Waals surface area contributed by atoms with E-state index in [1.165, 1.54) is 0 Å². The first-order valence-electron chi connectivity index (χ1n) is 14.2. The average molecular weight is 547 g/mol.